The summed E-state index contributed by atoms with van der Waals surface area (Å²) in [7, 11) is 0. The van der Waals surface area contributed by atoms with Crippen LogP contribution < -0.4 is 5.32 Å². The van der Waals surface area contributed by atoms with Crippen LogP contribution in [0.4, 0.5) is 0 Å². The highest BCUT2D eigenvalue weighted by molar-refractivity contribution is 7.98. The summed E-state index contributed by atoms with van der Waals surface area (Å²) in [5.41, 5.74) is 0. The van der Waals surface area contributed by atoms with E-state index in [0.29, 0.717) is 24.9 Å². The van der Waals surface area contributed by atoms with Crippen molar-refractivity contribution < 1.29 is 4.52 Å². The minimum absolute atomic E-state index is 0.514. The molecule has 0 atom stereocenters. The molecular weight excluding hydrogens is 222 g/mol. The molecule has 5 heteroatoms. The topological polar surface area (TPSA) is 51.0 Å². The van der Waals surface area contributed by atoms with Gasteiger partial charge in [0.2, 0.25) is 5.89 Å². The van der Waals surface area contributed by atoms with Crippen LogP contribution in [0.3, 0.4) is 0 Å². The van der Waals surface area contributed by atoms with Crippen molar-refractivity contribution in [3.05, 3.63) is 11.7 Å². The Balaban J connectivity index is 2.26. The lowest BCUT2D eigenvalue weighted by Crippen LogP contribution is -2.13. The number of nitrogens with one attached hydrogen (secondary N) is 1. The number of aromatic nitrogens is 2. The van der Waals surface area contributed by atoms with Crippen molar-refractivity contribution in [2.45, 2.75) is 26.1 Å². The Morgan fingerprint density at radius 1 is 1.56 bits per heavy atom. The quantitative estimate of drug-likeness (QED) is 0.579. The Morgan fingerprint density at radius 3 is 3.06 bits per heavy atom. The van der Waals surface area contributed by atoms with Gasteiger partial charge in [-0.15, -0.1) is 6.42 Å². The first kappa shape index (κ1) is 13.1. The van der Waals surface area contributed by atoms with E-state index in [1.54, 1.807) is 0 Å². The first-order valence-electron chi connectivity index (χ1n) is 5.25. The molecule has 1 rings (SSSR count). The highest BCUT2D eigenvalue weighted by Gasteiger charge is 2.05. The molecule has 0 bridgehead atoms. The third kappa shape index (κ3) is 5.19. The van der Waals surface area contributed by atoms with Crippen LogP contribution >= 0.6 is 11.8 Å². The van der Waals surface area contributed by atoms with Gasteiger partial charge in [-0.25, -0.2) is 0 Å². The van der Waals surface area contributed by atoms with Crippen LogP contribution in [0.2, 0.25) is 0 Å². The lowest BCUT2D eigenvalue weighted by atomic mass is 10.3. The summed E-state index contributed by atoms with van der Waals surface area (Å²) in [6.07, 6.45) is 5.11. The largest absolute Gasteiger partial charge is 0.338 e. The standard InChI is InChI=1S/C11H17N3OS/c1-4-5-12-6-11-13-10(14-15-11)8-16-7-9(2)3/h1,9,12H,5-8H2,2-3H3. The maximum atomic E-state index is 5.11. The van der Waals surface area contributed by atoms with Gasteiger partial charge >= 0.3 is 0 Å². The molecule has 4 nitrogen and oxygen atoms in total. The maximum Gasteiger partial charge on any atom is 0.240 e. The zero-order valence-electron chi connectivity index (χ0n) is 9.69. The third-order valence-corrected chi connectivity index (χ3v) is 3.06. The molecule has 0 radical (unpaired) electrons. The second kappa shape index (κ2) is 7.31. The van der Waals surface area contributed by atoms with Crippen molar-refractivity contribution >= 4 is 11.8 Å². The number of hydrogen-bond donors (Lipinski definition) is 1. The average molecular weight is 239 g/mol. The van der Waals surface area contributed by atoms with Crippen molar-refractivity contribution in [2.24, 2.45) is 5.92 Å². The van der Waals surface area contributed by atoms with Crippen molar-refractivity contribution in [1.82, 2.24) is 15.5 Å². The summed E-state index contributed by atoms with van der Waals surface area (Å²) < 4.78 is 5.06. The van der Waals surface area contributed by atoms with Crippen LogP contribution in [0, 0.1) is 18.3 Å². The van der Waals surface area contributed by atoms with Crippen LogP contribution in [0.15, 0.2) is 4.52 Å². The van der Waals surface area contributed by atoms with Gasteiger partial charge in [0.05, 0.1) is 18.8 Å². The smallest absolute Gasteiger partial charge is 0.240 e. The van der Waals surface area contributed by atoms with E-state index in [1.807, 2.05) is 11.8 Å². The summed E-state index contributed by atoms with van der Waals surface area (Å²) in [5, 5.41) is 6.89. The number of nitrogens with zero attached hydrogens (tertiary/aromatic N) is 2. The van der Waals surface area contributed by atoms with Crippen LogP contribution in [-0.2, 0) is 12.3 Å². The van der Waals surface area contributed by atoms with Gasteiger partial charge in [-0.1, -0.05) is 24.9 Å². The minimum atomic E-state index is 0.514. The molecule has 16 heavy (non-hydrogen) atoms. The molecule has 0 aliphatic carbocycles. The van der Waals surface area contributed by atoms with Crippen LogP contribution in [0.25, 0.3) is 0 Å². The van der Waals surface area contributed by atoms with Crippen molar-refractivity contribution in [2.75, 3.05) is 12.3 Å². The fourth-order valence-corrected chi connectivity index (χ4v) is 1.94. The second-order valence-corrected chi connectivity index (χ2v) is 4.85. The Hall–Kier alpha value is -0.990. The highest BCUT2D eigenvalue weighted by Crippen LogP contribution is 2.12. The molecule has 0 saturated carbocycles. The lowest BCUT2D eigenvalue weighted by Gasteiger charge is -2.00. The molecule has 1 aromatic rings. The lowest BCUT2D eigenvalue weighted by molar-refractivity contribution is 0.366. The van der Waals surface area contributed by atoms with E-state index in [9.17, 15) is 0 Å². The van der Waals surface area contributed by atoms with Crippen molar-refractivity contribution in [3.8, 4) is 12.3 Å². The second-order valence-electron chi connectivity index (χ2n) is 3.82. The molecule has 0 spiro atoms. The van der Waals surface area contributed by atoms with Crippen molar-refractivity contribution in [3.63, 3.8) is 0 Å². The minimum Gasteiger partial charge on any atom is -0.338 e. The molecule has 0 amide bonds. The van der Waals surface area contributed by atoms with Crippen LogP contribution in [0.5, 0.6) is 0 Å². The monoisotopic (exact) mass is 239 g/mol. The summed E-state index contributed by atoms with van der Waals surface area (Å²) in [4.78, 5) is 4.25. The Morgan fingerprint density at radius 2 is 2.38 bits per heavy atom. The summed E-state index contributed by atoms with van der Waals surface area (Å²) in [6, 6.07) is 0. The van der Waals surface area contributed by atoms with Crippen LogP contribution in [-0.4, -0.2) is 22.4 Å². The molecule has 0 unspecified atom stereocenters. The van der Waals surface area contributed by atoms with E-state index in [0.717, 1.165) is 17.3 Å². The van der Waals surface area contributed by atoms with E-state index in [2.05, 4.69) is 35.2 Å². The molecule has 88 valence electrons. The molecule has 1 heterocycles. The fourth-order valence-electron chi connectivity index (χ4n) is 1.05. The first-order valence-corrected chi connectivity index (χ1v) is 6.41. The normalized spacial score (nSPS) is 10.6. The molecule has 0 aliphatic rings. The highest BCUT2D eigenvalue weighted by atomic mass is 32.2. The Kier molecular flexibility index (Phi) is 5.98. The van der Waals surface area contributed by atoms with E-state index in [1.165, 1.54) is 0 Å². The summed E-state index contributed by atoms with van der Waals surface area (Å²) in [5.74, 6) is 6.43. The van der Waals surface area contributed by atoms with Crippen molar-refractivity contribution in [1.29, 1.82) is 0 Å². The third-order valence-electron chi connectivity index (χ3n) is 1.70. The van der Waals surface area contributed by atoms with E-state index in [4.69, 9.17) is 10.9 Å². The number of hydrogen-bond acceptors (Lipinski definition) is 5. The molecule has 0 aromatic carbocycles. The van der Waals surface area contributed by atoms with Gasteiger partial charge in [-0.05, 0) is 11.7 Å². The van der Waals surface area contributed by atoms with Gasteiger partial charge in [0.1, 0.15) is 0 Å². The van der Waals surface area contributed by atoms with E-state index >= 15 is 0 Å². The predicted molar refractivity (Wildman–Crippen MR) is 65.8 cm³/mol. The van der Waals surface area contributed by atoms with E-state index < -0.39 is 0 Å². The van der Waals surface area contributed by atoms with Gasteiger partial charge in [0.25, 0.3) is 0 Å². The Bertz CT molecular complexity index is 343. The molecule has 0 fully saturated rings. The zero-order chi connectivity index (χ0) is 11.8. The summed E-state index contributed by atoms with van der Waals surface area (Å²) in [6.45, 7) is 5.43. The average Bonchev–Trinajstić information content (AvgIpc) is 2.66. The number of thioether (sulfide) groups is 1. The molecule has 0 saturated heterocycles. The number of rotatable bonds is 7. The molecule has 1 N–H and O–H groups in total. The van der Waals surface area contributed by atoms with E-state index in [-0.39, 0.29) is 0 Å². The van der Waals surface area contributed by atoms with Gasteiger partial charge in [0.15, 0.2) is 5.82 Å². The van der Waals surface area contributed by atoms with Gasteiger partial charge in [0, 0.05) is 0 Å². The number of terminal acetylenes is 1. The summed E-state index contributed by atoms with van der Waals surface area (Å²) >= 11 is 1.82. The van der Waals surface area contributed by atoms with Gasteiger partial charge < -0.3 is 4.52 Å². The first-order chi connectivity index (χ1) is 7.72. The van der Waals surface area contributed by atoms with Gasteiger partial charge in [-0.3, -0.25) is 5.32 Å². The molecular formula is C11H17N3OS. The fraction of sp³-hybridized carbons (Fsp3) is 0.636. The predicted octanol–water partition coefficient (Wildman–Crippen LogP) is 1.68. The molecule has 1 aromatic heterocycles. The zero-order valence-corrected chi connectivity index (χ0v) is 10.5. The Labute approximate surface area is 101 Å². The maximum absolute atomic E-state index is 5.11. The SMILES string of the molecule is C#CCNCc1nc(CSCC(C)C)no1. The molecule has 0 aliphatic heterocycles. The van der Waals surface area contributed by atoms with Crippen LogP contribution in [0.1, 0.15) is 25.6 Å². The van der Waals surface area contributed by atoms with Gasteiger partial charge in [-0.2, -0.15) is 16.7 Å².